The quantitative estimate of drug-likeness (QED) is 0.682. The zero-order valence-electron chi connectivity index (χ0n) is 10.8. The molecule has 3 fully saturated rings. The van der Waals surface area contributed by atoms with Gasteiger partial charge in [-0.2, -0.15) is 0 Å². The normalized spacial score (nSPS) is 27.7. The van der Waals surface area contributed by atoms with Gasteiger partial charge in [-0.25, -0.2) is 0 Å². The van der Waals surface area contributed by atoms with E-state index in [-0.39, 0.29) is 29.4 Å². The predicted octanol–water partition coefficient (Wildman–Crippen LogP) is 1.90. The molecule has 0 radical (unpaired) electrons. The first-order valence-electron chi connectivity index (χ1n) is 6.41. The van der Waals surface area contributed by atoms with Crippen LogP contribution in [-0.4, -0.2) is 41.4 Å². The molecule has 0 unspecified atom stereocenters. The van der Waals surface area contributed by atoms with Gasteiger partial charge in [0.25, 0.3) is 5.91 Å². The summed E-state index contributed by atoms with van der Waals surface area (Å²) in [6, 6.07) is 3.10. The monoisotopic (exact) mass is 317 g/mol. The topological polar surface area (TPSA) is 75.5 Å². The fourth-order valence-corrected chi connectivity index (χ4v) is 3.64. The molecule has 0 saturated carbocycles. The maximum Gasteiger partial charge on any atom is 0.324 e. The minimum atomic E-state index is -0.463. The van der Waals surface area contributed by atoms with Crippen LogP contribution in [0, 0.1) is 16.0 Å². The van der Waals surface area contributed by atoms with Gasteiger partial charge in [0.1, 0.15) is 0 Å². The largest absolute Gasteiger partial charge is 0.347 e. The van der Waals surface area contributed by atoms with E-state index in [9.17, 15) is 14.9 Å². The van der Waals surface area contributed by atoms with E-state index in [2.05, 4.69) is 10.2 Å². The van der Waals surface area contributed by atoms with Crippen LogP contribution in [0.1, 0.15) is 22.5 Å². The summed E-state index contributed by atoms with van der Waals surface area (Å²) in [7, 11) is 0. The summed E-state index contributed by atoms with van der Waals surface area (Å²) in [5.74, 6) is 0.376. The molecule has 8 heteroatoms. The summed E-state index contributed by atoms with van der Waals surface area (Å²) in [4.78, 5) is 25.0. The van der Waals surface area contributed by atoms with Crippen molar-refractivity contribution in [3.05, 3.63) is 27.1 Å². The van der Waals surface area contributed by atoms with E-state index in [1.807, 2.05) is 0 Å². The number of nitrogens with zero attached hydrogens (tertiary/aromatic N) is 2. The summed E-state index contributed by atoms with van der Waals surface area (Å²) in [6.07, 6.45) is 2.27. The third-order valence-electron chi connectivity index (χ3n) is 3.97. The van der Waals surface area contributed by atoms with Crippen molar-refractivity contribution in [1.82, 2.24) is 10.2 Å². The maximum absolute atomic E-state index is 12.1. The van der Waals surface area contributed by atoms with Gasteiger partial charge in [0.15, 0.2) is 0 Å². The first kappa shape index (κ1) is 15.2. The van der Waals surface area contributed by atoms with Gasteiger partial charge in [0.05, 0.1) is 9.80 Å². The molecular formula is C12H16ClN3O3S. The lowest BCUT2D eigenvalue weighted by molar-refractivity contribution is -0.380. The zero-order valence-corrected chi connectivity index (χ0v) is 12.4. The lowest BCUT2D eigenvalue weighted by Crippen LogP contribution is -2.57. The summed E-state index contributed by atoms with van der Waals surface area (Å²) >= 11 is 0.933. The minimum Gasteiger partial charge on any atom is -0.347 e. The van der Waals surface area contributed by atoms with Crippen LogP contribution in [0.4, 0.5) is 5.00 Å². The minimum absolute atomic E-state index is 0. The van der Waals surface area contributed by atoms with Crippen molar-refractivity contribution in [2.75, 3.05) is 19.6 Å². The van der Waals surface area contributed by atoms with Gasteiger partial charge >= 0.3 is 5.00 Å². The molecule has 110 valence electrons. The second-order valence-electron chi connectivity index (χ2n) is 5.11. The Balaban J connectivity index is 0.00000147. The van der Waals surface area contributed by atoms with E-state index in [1.54, 1.807) is 0 Å². The number of fused-ring (bicyclic) bond motifs is 3. The highest BCUT2D eigenvalue weighted by Gasteiger charge is 2.35. The Morgan fingerprint density at radius 1 is 1.40 bits per heavy atom. The van der Waals surface area contributed by atoms with Crippen molar-refractivity contribution in [3.8, 4) is 0 Å². The Morgan fingerprint density at radius 3 is 2.60 bits per heavy atom. The molecule has 0 aromatic carbocycles. The predicted molar refractivity (Wildman–Crippen MR) is 78.6 cm³/mol. The first-order valence-corrected chi connectivity index (χ1v) is 7.22. The maximum atomic E-state index is 12.1. The summed E-state index contributed by atoms with van der Waals surface area (Å²) in [6.45, 7) is 3.16. The number of halogens is 1. The van der Waals surface area contributed by atoms with Gasteiger partial charge in [-0.1, -0.05) is 11.3 Å². The van der Waals surface area contributed by atoms with Crippen molar-refractivity contribution in [1.29, 1.82) is 0 Å². The molecule has 1 atom stereocenters. The fraction of sp³-hybridized carbons (Fsp3) is 0.583. The highest BCUT2D eigenvalue weighted by molar-refractivity contribution is 7.17. The molecule has 4 rings (SSSR count). The number of rotatable bonds is 3. The van der Waals surface area contributed by atoms with Crippen LogP contribution in [0.2, 0.25) is 0 Å². The molecule has 1 N–H and O–H groups in total. The molecule has 3 aliphatic heterocycles. The third-order valence-corrected chi connectivity index (χ3v) is 5.00. The molecule has 0 aliphatic carbocycles. The first-order chi connectivity index (χ1) is 9.13. The van der Waals surface area contributed by atoms with Crippen LogP contribution >= 0.6 is 23.7 Å². The molecule has 1 aromatic rings. The van der Waals surface area contributed by atoms with Crippen molar-refractivity contribution in [3.63, 3.8) is 0 Å². The third kappa shape index (κ3) is 2.94. The Hall–Kier alpha value is -1.18. The lowest BCUT2D eigenvalue weighted by atomic mass is 9.84. The summed E-state index contributed by atoms with van der Waals surface area (Å²) < 4.78 is 0. The molecule has 1 amide bonds. The fourth-order valence-electron chi connectivity index (χ4n) is 2.92. The molecule has 3 aliphatic rings. The molecule has 3 saturated heterocycles. The number of nitrogens with one attached hydrogen (secondary N) is 1. The number of piperidine rings is 3. The number of thiophene rings is 1. The van der Waals surface area contributed by atoms with Crippen LogP contribution in [0.25, 0.3) is 0 Å². The van der Waals surface area contributed by atoms with Gasteiger partial charge in [-0.3, -0.25) is 14.9 Å². The van der Waals surface area contributed by atoms with E-state index < -0.39 is 4.92 Å². The number of hydrogen-bond donors (Lipinski definition) is 1. The summed E-state index contributed by atoms with van der Waals surface area (Å²) in [5.41, 5.74) is 0. The second-order valence-corrected chi connectivity index (χ2v) is 6.18. The van der Waals surface area contributed by atoms with E-state index >= 15 is 0 Å². The Morgan fingerprint density at radius 2 is 2.10 bits per heavy atom. The zero-order chi connectivity index (χ0) is 13.4. The van der Waals surface area contributed by atoms with Crippen molar-refractivity contribution in [2.45, 2.75) is 18.9 Å². The number of carbonyl (C=O) groups is 1. The molecule has 4 heterocycles. The molecule has 1 aromatic heterocycles. The van der Waals surface area contributed by atoms with Crippen LogP contribution in [0.3, 0.4) is 0 Å². The van der Waals surface area contributed by atoms with Crippen LogP contribution in [0.5, 0.6) is 0 Å². The van der Waals surface area contributed by atoms with Crippen molar-refractivity contribution >= 4 is 34.7 Å². The van der Waals surface area contributed by atoms with Gasteiger partial charge in [-0.15, -0.1) is 12.4 Å². The summed E-state index contributed by atoms with van der Waals surface area (Å²) in [5, 5.41) is 13.6. The lowest BCUT2D eigenvalue weighted by Gasteiger charge is -2.44. The van der Waals surface area contributed by atoms with E-state index in [1.165, 1.54) is 12.1 Å². The van der Waals surface area contributed by atoms with Gasteiger partial charge in [0.2, 0.25) is 0 Å². The number of nitro groups is 1. The van der Waals surface area contributed by atoms with Crippen molar-refractivity contribution in [2.24, 2.45) is 5.92 Å². The standard InChI is InChI=1S/C12H15N3O3S.ClH/c16-12(10-1-2-11(19-10)15(17)18)13-9-7-14-5-3-8(9)4-6-14;/h1-2,8-9H,3-7H2,(H,13,16);1H/t9-;/m0./s1. The van der Waals surface area contributed by atoms with Crippen molar-refractivity contribution < 1.29 is 9.72 Å². The average Bonchev–Trinajstić information content (AvgIpc) is 2.90. The van der Waals surface area contributed by atoms with Gasteiger partial charge < -0.3 is 10.2 Å². The van der Waals surface area contributed by atoms with E-state index in [0.717, 1.165) is 43.8 Å². The smallest absolute Gasteiger partial charge is 0.324 e. The van der Waals surface area contributed by atoms with Gasteiger partial charge in [0, 0.05) is 18.7 Å². The average molecular weight is 318 g/mol. The van der Waals surface area contributed by atoms with Crippen LogP contribution < -0.4 is 5.32 Å². The molecule has 20 heavy (non-hydrogen) atoms. The number of carbonyl (C=O) groups excluding carboxylic acids is 1. The Labute approximate surface area is 126 Å². The second kappa shape index (κ2) is 6.07. The van der Waals surface area contributed by atoms with E-state index in [4.69, 9.17) is 0 Å². The highest BCUT2D eigenvalue weighted by Crippen LogP contribution is 2.28. The molecule has 0 spiro atoms. The SMILES string of the molecule is Cl.O=C(N[C@H]1CN2CCC1CC2)c1ccc([N+](=O)[O-])s1. The Bertz CT molecular complexity index is 514. The number of hydrogen-bond acceptors (Lipinski definition) is 5. The molecule has 6 nitrogen and oxygen atoms in total. The highest BCUT2D eigenvalue weighted by atomic mass is 35.5. The Kier molecular flexibility index (Phi) is 4.62. The molecular weight excluding hydrogens is 302 g/mol. The van der Waals surface area contributed by atoms with E-state index in [0.29, 0.717) is 10.8 Å². The number of amides is 1. The van der Waals surface area contributed by atoms with Crippen LogP contribution in [0.15, 0.2) is 12.1 Å². The van der Waals surface area contributed by atoms with Crippen LogP contribution in [-0.2, 0) is 0 Å². The van der Waals surface area contributed by atoms with Gasteiger partial charge in [-0.05, 0) is 37.9 Å². The molecule has 2 bridgehead atoms.